The highest BCUT2D eigenvalue weighted by Crippen LogP contribution is 2.37. The minimum atomic E-state index is -0.922. The van der Waals surface area contributed by atoms with E-state index in [1.165, 1.54) is 11.3 Å². The molecule has 0 bridgehead atoms. The van der Waals surface area contributed by atoms with E-state index in [2.05, 4.69) is 11.9 Å². The lowest BCUT2D eigenvalue weighted by Crippen LogP contribution is -2.60. The van der Waals surface area contributed by atoms with E-state index in [0.717, 1.165) is 25.7 Å². The molecular formula is C14H21ClN2O3. The number of nitrogens with zero attached hydrogens (tertiary/aromatic N) is 1. The first-order chi connectivity index (χ1) is 9.50. The predicted molar refractivity (Wildman–Crippen MR) is 76.6 cm³/mol. The molecule has 0 radical (unpaired) electrons. The van der Waals surface area contributed by atoms with Crippen LogP contribution in [-0.2, 0) is 4.79 Å². The molecule has 112 valence electrons. The predicted octanol–water partition coefficient (Wildman–Crippen LogP) is 2.56. The lowest BCUT2D eigenvalue weighted by molar-refractivity contribution is -0.145. The summed E-state index contributed by atoms with van der Waals surface area (Å²) in [5.74, 6) is -0.488. The molecule has 20 heavy (non-hydrogen) atoms. The summed E-state index contributed by atoms with van der Waals surface area (Å²) in [6.45, 7) is 3.69. The number of carboxylic acids is 1. The number of aliphatic carboxylic acids is 1. The van der Waals surface area contributed by atoms with Crippen molar-refractivity contribution in [3.05, 3.63) is 11.6 Å². The second kappa shape index (κ2) is 6.48. The van der Waals surface area contributed by atoms with Crippen LogP contribution >= 0.6 is 11.6 Å². The van der Waals surface area contributed by atoms with Gasteiger partial charge in [0.1, 0.15) is 6.04 Å². The van der Waals surface area contributed by atoms with E-state index >= 15 is 0 Å². The smallest absolute Gasteiger partial charge is 0.326 e. The molecule has 0 spiro atoms. The van der Waals surface area contributed by atoms with E-state index < -0.39 is 12.0 Å². The number of carboxylic acid groups (broad SMARTS) is 1. The second-order valence-corrected chi connectivity index (χ2v) is 6.16. The first-order valence-electron chi connectivity index (χ1n) is 7.13. The molecular weight excluding hydrogens is 280 g/mol. The number of amides is 2. The van der Waals surface area contributed by atoms with Crippen LogP contribution < -0.4 is 5.32 Å². The number of urea groups is 1. The molecule has 2 N–H and O–H groups in total. The van der Waals surface area contributed by atoms with Crippen molar-refractivity contribution in [2.75, 3.05) is 6.54 Å². The molecule has 1 saturated carbocycles. The van der Waals surface area contributed by atoms with Gasteiger partial charge >= 0.3 is 12.0 Å². The molecule has 1 aliphatic heterocycles. The Hall–Kier alpha value is -1.23. The average Bonchev–Trinajstić information content (AvgIpc) is 2.43. The van der Waals surface area contributed by atoms with Gasteiger partial charge in [-0.2, -0.15) is 0 Å². The highest BCUT2D eigenvalue weighted by molar-refractivity contribution is 6.29. The molecule has 0 aromatic carbocycles. The van der Waals surface area contributed by atoms with Gasteiger partial charge in [-0.25, -0.2) is 9.59 Å². The molecule has 6 heteroatoms. The number of hydrogen-bond donors (Lipinski definition) is 2. The molecule has 1 saturated heterocycles. The van der Waals surface area contributed by atoms with Crippen LogP contribution in [0.2, 0.25) is 0 Å². The van der Waals surface area contributed by atoms with Gasteiger partial charge in [0.2, 0.25) is 0 Å². The highest BCUT2D eigenvalue weighted by Gasteiger charge is 2.43. The van der Waals surface area contributed by atoms with Gasteiger partial charge in [-0.15, -0.1) is 0 Å². The minimum Gasteiger partial charge on any atom is -0.480 e. The summed E-state index contributed by atoms with van der Waals surface area (Å²) in [6, 6.07) is -1.02. The number of carbonyl (C=O) groups excluding carboxylic acids is 1. The van der Waals surface area contributed by atoms with E-state index in [-0.39, 0.29) is 18.6 Å². The molecule has 1 heterocycles. The SMILES string of the molecule is C=C(Cl)CNC(=O)N1C(C(=O)O)CCC2CCCCC21. The minimum absolute atomic E-state index is 0.0437. The van der Waals surface area contributed by atoms with Gasteiger partial charge in [0.05, 0.1) is 6.54 Å². The van der Waals surface area contributed by atoms with E-state index in [9.17, 15) is 14.7 Å². The monoisotopic (exact) mass is 300 g/mol. The number of nitrogens with one attached hydrogen (secondary N) is 1. The maximum absolute atomic E-state index is 12.3. The van der Waals surface area contributed by atoms with Gasteiger partial charge < -0.3 is 15.3 Å². The van der Waals surface area contributed by atoms with Crippen LogP contribution in [0.15, 0.2) is 11.6 Å². The van der Waals surface area contributed by atoms with Gasteiger partial charge in [0, 0.05) is 11.1 Å². The zero-order valence-corrected chi connectivity index (χ0v) is 12.2. The third-order valence-electron chi connectivity index (χ3n) is 4.32. The quantitative estimate of drug-likeness (QED) is 0.841. The van der Waals surface area contributed by atoms with Crippen molar-refractivity contribution < 1.29 is 14.7 Å². The van der Waals surface area contributed by atoms with Crippen LogP contribution in [0, 0.1) is 5.92 Å². The van der Waals surface area contributed by atoms with Crippen molar-refractivity contribution in [2.24, 2.45) is 5.92 Å². The van der Waals surface area contributed by atoms with E-state index in [1.807, 2.05) is 0 Å². The fourth-order valence-electron chi connectivity index (χ4n) is 3.43. The Kier molecular flexibility index (Phi) is 4.91. The van der Waals surface area contributed by atoms with Crippen molar-refractivity contribution in [1.29, 1.82) is 0 Å². The van der Waals surface area contributed by atoms with E-state index in [4.69, 9.17) is 11.6 Å². The highest BCUT2D eigenvalue weighted by atomic mass is 35.5. The van der Waals surface area contributed by atoms with Crippen LogP contribution in [0.25, 0.3) is 0 Å². The fraction of sp³-hybridized carbons (Fsp3) is 0.714. The number of carbonyl (C=O) groups is 2. The van der Waals surface area contributed by atoms with Crippen LogP contribution in [0.3, 0.4) is 0 Å². The Morgan fingerprint density at radius 3 is 2.60 bits per heavy atom. The van der Waals surface area contributed by atoms with Gasteiger partial charge in [-0.1, -0.05) is 31.0 Å². The molecule has 0 aromatic rings. The summed E-state index contributed by atoms with van der Waals surface area (Å²) in [5.41, 5.74) is 0. The van der Waals surface area contributed by atoms with Crippen LogP contribution in [0.4, 0.5) is 4.79 Å². The fourth-order valence-corrected chi connectivity index (χ4v) is 3.50. The number of piperidine rings is 1. The third kappa shape index (κ3) is 3.26. The van der Waals surface area contributed by atoms with Gasteiger partial charge in [0.15, 0.2) is 0 Å². The third-order valence-corrected chi connectivity index (χ3v) is 4.46. The second-order valence-electron chi connectivity index (χ2n) is 5.63. The summed E-state index contributed by atoms with van der Waals surface area (Å²) < 4.78 is 0. The summed E-state index contributed by atoms with van der Waals surface area (Å²) in [7, 11) is 0. The van der Waals surface area contributed by atoms with Crippen LogP contribution in [0.5, 0.6) is 0 Å². The number of likely N-dealkylation sites (tertiary alicyclic amines) is 1. The van der Waals surface area contributed by atoms with Crippen molar-refractivity contribution in [1.82, 2.24) is 10.2 Å². The summed E-state index contributed by atoms with van der Waals surface area (Å²) in [5, 5.41) is 12.4. The largest absolute Gasteiger partial charge is 0.480 e. The van der Waals surface area contributed by atoms with Crippen molar-refractivity contribution >= 4 is 23.6 Å². The normalized spacial score (nSPS) is 29.4. The lowest BCUT2D eigenvalue weighted by atomic mass is 9.76. The standard InChI is InChI=1S/C14H21ClN2O3/c1-9(15)8-16-14(20)17-11-5-3-2-4-10(11)6-7-12(17)13(18)19/h10-12H,1-8H2,(H,16,20)(H,18,19). The lowest BCUT2D eigenvalue weighted by Gasteiger charge is -2.46. The molecule has 2 rings (SSSR count). The Morgan fingerprint density at radius 1 is 1.25 bits per heavy atom. The number of rotatable bonds is 3. The van der Waals surface area contributed by atoms with Crippen LogP contribution in [-0.4, -0.2) is 40.6 Å². The molecule has 3 unspecified atom stereocenters. The Morgan fingerprint density at radius 2 is 1.95 bits per heavy atom. The maximum Gasteiger partial charge on any atom is 0.326 e. The van der Waals surface area contributed by atoms with E-state index in [0.29, 0.717) is 17.4 Å². The molecule has 2 aliphatic rings. The summed E-state index contributed by atoms with van der Waals surface area (Å²) in [6.07, 6.45) is 5.64. The molecule has 3 atom stereocenters. The van der Waals surface area contributed by atoms with Gasteiger partial charge in [-0.3, -0.25) is 0 Å². The topological polar surface area (TPSA) is 69.6 Å². The Labute approximate surface area is 124 Å². The molecule has 1 aliphatic carbocycles. The number of halogens is 1. The van der Waals surface area contributed by atoms with Crippen molar-refractivity contribution in [2.45, 2.75) is 50.6 Å². The zero-order chi connectivity index (χ0) is 14.7. The molecule has 5 nitrogen and oxygen atoms in total. The van der Waals surface area contributed by atoms with Gasteiger partial charge in [-0.05, 0) is 31.6 Å². The van der Waals surface area contributed by atoms with Crippen molar-refractivity contribution in [3.8, 4) is 0 Å². The Bertz CT molecular complexity index is 413. The molecule has 2 amide bonds. The summed E-state index contributed by atoms with van der Waals surface area (Å²) >= 11 is 5.65. The zero-order valence-electron chi connectivity index (χ0n) is 11.5. The number of hydrogen-bond acceptors (Lipinski definition) is 2. The maximum atomic E-state index is 12.3. The van der Waals surface area contributed by atoms with Crippen LogP contribution in [0.1, 0.15) is 38.5 Å². The molecule has 0 aromatic heterocycles. The summed E-state index contributed by atoms with van der Waals surface area (Å²) in [4.78, 5) is 25.3. The first-order valence-corrected chi connectivity index (χ1v) is 7.50. The number of fused-ring (bicyclic) bond motifs is 1. The van der Waals surface area contributed by atoms with Crippen molar-refractivity contribution in [3.63, 3.8) is 0 Å². The first kappa shape index (κ1) is 15.2. The molecule has 2 fully saturated rings. The average molecular weight is 301 g/mol. The Balaban J connectivity index is 2.14. The van der Waals surface area contributed by atoms with E-state index in [1.54, 1.807) is 0 Å². The van der Waals surface area contributed by atoms with Gasteiger partial charge in [0.25, 0.3) is 0 Å².